The van der Waals surface area contributed by atoms with E-state index in [4.69, 9.17) is 27.9 Å². The second kappa shape index (κ2) is 6.27. The Morgan fingerprint density at radius 3 is 2.67 bits per heavy atom. The summed E-state index contributed by atoms with van der Waals surface area (Å²) in [6.45, 7) is 0.684. The summed E-state index contributed by atoms with van der Waals surface area (Å²) in [4.78, 5) is 0. The average Bonchev–Trinajstić information content (AvgIpc) is 2.89. The van der Waals surface area contributed by atoms with Crippen molar-refractivity contribution in [2.24, 2.45) is 0 Å². The molecule has 1 aliphatic heterocycles. The first-order valence-corrected chi connectivity index (χ1v) is 7.74. The van der Waals surface area contributed by atoms with E-state index in [2.05, 4.69) is 0 Å². The Labute approximate surface area is 134 Å². The minimum atomic E-state index is -0.517. The van der Waals surface area contributed by atoms with Crippen LogP contribution in [0, 0.1) is 0 Å². The predicted molar refractivity (Wildman–Crippen MR) is 85.5 cm³/mol. The van der Waals surface area contributed by atoms with Crippen LogP contribution in [0.2, 0.25) is 10.0 Å². The number of hydrogen-bond acceptors (Lipinski definition) is 2. The zero-order valence-corrected chi connectivity index (χ0v) is 13.0. The summed E-state index contributed by atoms with van der Waals surface area (Å²) < 4.78 is 5.66. The smallest absolute Gasteiger partial charge is 0.126 e. The molecule has 0 fully saturated rings. The van der Waals surface area contributed by atoms with Crippen LogP contribution >= 0.6 is 23.2 Å². The van der Waals surface area contributed by atoms with Gasteiger partial charge in [0.1, 0.15) is 5.75 Å². The fraction of sp³-hybridized carbons (Fsp3) is 0.294. The van der Waals surface area contributed by atoms with Crippen LogP contribution in [0.15, 0.2) is 36.4 Å². The number of aliphatic hydroxyl groups is 1. The number of aliphatic hydroxyl groups excluding tert-OH is 1. The molecule has 3 rings (SSSR count). The van der Waals surface area contributed by atoms with Crippen LogP contribution in [0.25, 0.3) is 0 Å². The molecule has 110 valence electrons. The van der Waals surface area contributed by atoms with Gasteiger partial charge >= 0.3 is 0 Å². The zero-order valence-electron chi connectivity index (χ0n) is 11.5. The van der Waals surface area contributed by atoms with E-state index < -0.39 is 6.10 Å². The van der Waals surface area contributed by atoms with E-state index in [9.17, 15) is 5.11 Å². The number of fused-ring (bicyclic) bond motifs is 1. The maximum Gasteiger partial charge on any atom is 0.126 e. The van der Waals surface area contributed by atoms with Crippen LogP contribution in [0.4, 0.5) is 0 Å². The Hall–Kier alpha value is -1.22. The van der Waals surface area contributed by atoms with Gasteiger partial charge in [-0.15, -0.1) is 0 Å². The highest BCUT2D eigenvalue weighted by Crippen LogP contribution is 2.34. The molecule has 0 saturated heterocycles. The van der Waals surface area contributed by atoms with Gasteiger partial charge in [0.2, 0.25) is 0 Å². The third-order valence-corrected chi connectivity index (χ3v) is 4.28. The summed E-state index contributed by atoms with van der Waals surface area (Å²) in [6.07, 6.45) is 1.38. The van der Waals surface area contributed by atoms with Crippen molar-refractivity contribution >= 4 is 23.2 Å². The van der Waals surface area contributed by atoms with Gasteiger partial charge in [0.15, 0.2) is 0 Å². The molecule has 1 heterocycles. The van der Waals surface area contributed by atoms with Crippen molar-refractivity contribution in [3.05, 3.63) is 63.1 Å². The van der Waals surface area contributed by atoms with Crippen molar-refractivity contribution in [3.63, 3.8) is 0 Å². The van der Waals surface area contributed by atoms with Gasteiger partial charge in [-0.05, 0) is 34.9 Å². The molecule has 0 aromatic heterocycles. The minimum Gasteiger partial charge on any atom is -0.493 e. The van der Waals surface area contributed by atoms with Gasteiger partial charge in [0.05, 0.1) is 12.7 Å². The highest BCUT2D eigenvalue weighted by atomic mass is 35.5. The molecule has 4 heteroatoms. The highest BCUT2D eigenvalue weighted by molar-refractivity contribution is 6.31. The molecular weight excluding hydrogens is 307 g/mol. The quantitative estimate of drug-likeness (QED) is 0.919. The van der Waals surface area contributed by atoms with Crippen LogP contribution in [-0.2, 0) is 19.3 Å². The van der Waals surface area contributed by atoms with Gasteiger partial charge in [-0.25, -0.2) is 0 Å². The Morgan fingerprint density at radius 1 is 1.10 bits per heavy atom. The standard InChI is InChI=1S/C17H16Cl2O2/c18-14-7-12-5-6-21-17(12)13(8-14)10-15(20)9-11-3-1-2-4-16(11)19/h1-4,7-8,15,20H,5-6,9-10H2. The molecule has 0 amide bonds. The molecule has 2 nitrogen and oxygen atoms in total. The lowest BCUT2D eigenvalue weighted by molar-refractivity contribution is 0.174. The second-order valence-corrected chi connectivity index (χ2v) is 6.15. The van der Waals surface area contributed by atoms with E-state index in [1.54, 1.807) is 0 Å². The summed E-state index contributed by atoms with van der Waals surface area (Å²) >= 11 is 12.3. The van der Waals surface area contributed by atoms with E-state index in [-0.39, 0.29) is 0 Å². The topological polar surface area (TPSA) is 29.5 Å². The van der Waals surface area contributed by atoms with Crippen molar-refractivity contribution in [2.75, 3.05) is 6.61 Å². The molecule has 21 heavy (non-hydrogen) atoms. The molecule has 0 spiro atoms. The normalized spacial score (nSPS) is 14.6. The van der Waals surface area contributed by atoms with E-state index in [0.29, 0.717) is 29.5 Å². The van der Waals surface area contributed by atoms with Crippen molar-refractivity contribution in [2.45, 2.75) is 25.4 Å². The Balaban J connectivity index is 1.77. The van der Waals surface area contributed by atoms with Gasteiger partial charge in [0, 0.05) is 29.3 Å². The summed E-state index contributed by atoms with van der Waals surface area (Å²) in [6, 6.07) is 11.4. The van der Waals surface area contributed by atoms with Crippen LogP contribution in [-0.4, -0.2) is 17.8 Å². The number of rotatable bonds is 4. The lowest BCUT2D eigenvalue weighted by atomic mass is 9.99. The van der Waals surface area contributed by atoms with Crippen molar-refractivity contribution in [3.8, 4) is 5.75 Å². The number of ether oxygens (including phenoxy) is 1. The largest absolute Gasteiger partial charge is 0.493 e. The second-order valence-electron chi connectivity index (χ2n) is 5.31. The van der Waals surface area contributed by atoms with E-state index in [1.165, 1.54) is 0 Å². The monoisotopic (exact) mass is 322 g/mol. The summed E-state index contributed by atoms with van der Waals surface area (Å²) in [5, 5.41) is 11.7. The molecule has 1 N–H and O–H groups in total. The molecule has 1 atom stereocenters. The molecule has 0 bridgehead atoms. The predicted octanol–water partition coefficient (Wildman–Crippen LogP) is 4.07. The van der Waals surface area contributed by atoms with Gasteiger partial charge < -0.3 is 9.84 Å². The van der Waals surface area contributed by atoms with Gasteiger partial charge in [0.25, 0.3) is 0 Å². The van der Waals surface area contributed by atoms with Crippen molar-refractivity contribution < 1.29 is 9.84 Å². The molecule has 0 radical (unpaired) electrons. The zero-order chi connectivity index (χ0) is 14.8. The summed E-state index contributed by atoms with van der Waals surface area (Å²) in [5.74, 6) is 0.887. The fourth-order valence-electron chi connectivity index (χ4n) is 2.74. The number of halogens is 2. The maximum absolute atomic E-state index is 10.3. The van der Waals surface area contributed by atoms with Crippen LogP contribution in [0.1, 0.15) is 16.7 Å². The van der Waals surface area contributed by atoms with Crippen LogP contribution in [0.5, 0.6) is 5.75 Å². The molecular formula is C17H16Cl2O2. The Morgan fingerprint density at radius 2 is 1.86 bits per heavy atom. The SMILES string of the molecule is OC(Cc1ccccc1Cl)Cc1cc(Cl)cc2c1OCC2. The molecule has 0 saturated carbocycles. The lowest BCUT2D eigenvalue weighted by Gasteiger charge is -2.14. The molecule has 0 aliphatic carbocycles. The first kappa shape index (κ1) is 14.7. The molecule has 1 unspecified atom stereocenters. The Bertz CT molecular complexity index is 655. The number of benzene rings is 2. The first-order valence-electron chi connectivity index (χ1n) is 6.99. The maximum atomic E-state index is 10.3. The average molecular weight is 323 g/mol. The van der Waals surface area contributed by atoms with E-state index in [1.807, 2.05) is 36.4 Å². The Kier molecular flexibility index (Phi) is 4.39. The molecule has 1 aliphatic rings. The number of hydrogen-bond donors (Lipinski definition) is 1. The van der Waals surface area contributed by atoms with Crippen molar-refractivity contribution in [1.82, 2.24) is 0 Å². The van der Waals surface area contributed by atoms with Crippen molar-refractivity contribution in [1.29, 1.82) is 0 Å². The van der Waals surface area contributed by atoms with E-state index >= 15 is 0 Å². The molecule has 2 aromatic rings. The fourth-order valence-corrected chi connectivity index (χ4v) is 3.22. The lowest BCUT2D eigenvalue weighted by Crippen LogP contribution is -2.14. The van der Waals surface area contributed by atoms with Gasteiger partial charge in [-0.2, -0.15) is 0 Å². The first-order chi connectivity index (χ1) is 10.1. The van der Waals surface area contributed by atoms with Gasteiger partial charge in [-0.1, -0.05) is 41.4 Å². The third kappa shape index (κ3) is 3.34. The highest BCUT2D eigenvalue weighted by Gasteiger charge is 2.20. The molecule has 2 aromatic carbocycles. The van der Waals surface area contributed by atoms with Gasteiger partial charge in [-0.3, -0.25) is 0 Å². The van der Waals surface area contributed by atoms with Crippen LogP contribution < -0.4 is 4.74 Å². The summed E-state index contributed by atoms with van der Waals surface area (Å²) in [5.41, 5.74) is 3.04. The summed E-state index contributed by atoms with van der Waals surface area (Å²) in [7, 11) is 0. The minimum absolute atomic E-state index is 0.508. The van der Waals surface area contributed by atoms with Crippen LogP contribution in [0.3, 0.4) is 0 Å². The third-order valence-electron chi connectivity index (χ3n) is 3.69. The van der Waals surface area contributed by atoms with E-state index in [0.717, 1.165) is 28.9 Å².